The molecule has 0 unspecified atom stereocenters. The van der Waals surface area contributed by atoms with Gasteiger partial charge in [-0.1, -0.05) is 36.8 Å². The van der Waals surface area contributed by atoms with Crippen LogP contribution < -0.4 is 5.73 Å². The molecule has 1 aromatic carbocycles. The predicted octanol–water partition coefficient (Wildman–Crippen LogP) is 2.10. The molecule has 0 amide bonds. The van der Waals surface area contributed by atoms with Gasteiger partial charge in [0.05, 0.1) is 5.41 Å². The second-order valence-electron chi connectivity index (χ2n) is 3.91. The number of hydrogen-bond donors (Lipinski definition) is 1. The highest BCUT2D eigenvalue weighted by molar-refractivity contribution is 5.92. The van der Waals surface area contributed by atoms with Crippen LogP contribution in [0.3, 0.4) is 0 Å². The number of nitrogens with zero attached hydrogens (tertiary/aromatic N) is 1. The number of nitrogens with two attached hydrogens (primary N) is 1. The highest BCUT2D eigenvalue weighted by Gasteiger charge is 2.41. The van der Waals surface area contributed by atoms with E-state index in [1.165, 1.54) is 12.0 Å². The van der Waals surface area contributed by atoms with Crippen LogP contribution in [0.5, 0.6) is 0 Å². The van der Waals surface area contributed by atoms with E-state index >= 15 is 0 Å². The lowest BCUT2D eigenvalue weighted by Crippen LogP contribution is -2.46. The number of rotatable bonds is 2. The first kappa shape index (κ1) is 9.25. The van der Waals surface area contributed by atoms with Gasteiger partial charge in [-0.2, -0.15) is 0 Å². The number of aliphatic imine (C=N–C) groups is 1. The van der Waals surface area contributed by atoms with E-state index in [9.17, 15) is 0 Å². The SMILES string of the molecule is CN=C(N)C1(c2ccccc2)CCC1. The Morgan fingerprint density at radius 2 is 1.93 bits per heavy atom. The molecule has 1 aliphatic carbocycles. The lowest BCUT2D eigenvalue weighted by molar-refractivity contribution is 0.338. The zero-order valence-corrected chi connectivity index (χ0v) is 8.53. The lowest BCUT2D eigenvalue weighted by Gasteiger charge is -2.41. The molecule has 2 N–H and O–H groups in total. The van der Waals surface area contributed by atoms with Crippen LogP contribution in [0.25, 0.3) is 0 Å². The van der Waals surface area contributed by atoms with Crippen molar-refractivity contribution < 1.29 is 0 Å². The van der Waals surface area contributed by atoms with Gasteiger partial charge >= 0.3 is 0 Å². The summed E-state index contributed by atoms with van der Waals surface area (Å²) in [5.74, 6) is 0.787. The molecule has 0 heterocycles. The Morgan fingerprint density at radius 3 is 2.36 bits per heavy atom. The Balaban J connectivity index is 2.39. The van der Waals surface area contributed by atoms with Crippen LogP contribution in [-0.4, -0.2) is 12.9 Å². The molecule has 1 fully saturated rings. The zero-order valence-electron chi connectivity index (χ0n) is 8.53. The van der Waals surface area contributed by atoms with Crippen molar-refractivity contribution >= 4 is 5.84 Å². The third-order valence-corrected chi connectivity index (χ3v) is 3.26. The molecule has 0 aromatic heterocycles. The van der Waals surface area contributed by atoms with Gasteiger partial charge in [-0.15, -0.1) is 0 Å². The number of amidine groups is 1. The van der Waals surface area contributed by atoms with Crippen LogP contribution in [0, 0.1) is 0 Å². The third kappa shape index (κ3) is 1.22. The van der Waals surface area contributed by atoms with E-state index in [2.05, 4.69) is 29.3 Å². The predicted molar refractivity (Wildman–Crippen MR) is 59.5 cm³/mol. The molecule has 2 heteroatoms. The van der Waals surface area contributed by atoms with Crippen molar-refractivity contribution in [2.45, 2.75) is 24.7 Å². The van der Waals surface area contributed by atoms with Gasteiger partial charge in [-0.3, -0.25) is 4.99 Å². The van der Waals surface area contributed by atoms with Crippen LogP contribution in [0.15, 0.2) is 35.3 Å². The fourth-order valence-electron chi connectivity index (χ4n) is 2.19. The molecule has 0 radical (unpaired) electrons. The Labute approximate surface area is 84.9 Å². The van der Waals surface area contributed by atoms with Gasteiger partial charge in [-0.25, -0.2) is 0 Å². The normalized spacial score (nSPS) is 20.2. The van der Waals surface area contributed by atoms with Gasteiger partial charge in [0.15, 0.2) is 0 Å². The molecule has 0 spiro atoms. The van der Waals surface area contributed by atoms with E-state index in [4.69, 9.17) is 5.73 Å². The minimum absolute atomic E-state index is 0.0516. The first-order valence-corrected chi connectivity index (χ1v) is 5.08. The van der Waals surface area contributed by atoms with Gasteiger partial charge in [-0.05, 0) is 18.4 Å². The van der Waals surface area contributed by atoms with Crippen LogP contribution >= 0.6 is 0 Å². The third-order valence-electron chi connectivity index (χ3n) is 3.26. The molecule has 2 nitrogen and oxygen atoms in total. The van der Waals surface area contributed by atoms with E-state index < -0.39 is 0 Å². The van der Waals surface area contributed by atoms with Gasteiger partial charge in [0.25, 0.3) is 0 Å². The summed E-state index contributed by atoms with van der Waals surface area (Å²) in [6.45, 7) is 0. The molecule has 0 saturated heterocycles. The average molecular weight is 188 g/mol. The van der Waals surface area contributed by atoms with Crippen LogP contribution in [-0.2, 0) is 5.41 Å². The van der Waals surface area contributed by atoms with E-state index in [1.807, 2.05) is 6.07 Å². The molecule has 2 rings (SSSR count). The summed E-state index contributed by atoms with van der Waals surface area (Å²) in [6, 6.07) is 10.5. The largest absolute Gasteiger partial charge is 0.387 e. The second-order valence-corrected chi connectivity index (χ2v) is 3.91. The maximum Gasteiger partial charge on any atom is 0.104 e. The summed E-state index contributed by atoms with van der Waals surface area (Å²) in [5.41, 5.74) is 7.36. The molecule has 74 valence electrons. The standard InChI is InChI=1S/C12H16N2/c1-14-11(13)12(8-5-9-12)10-6-3-2-4-7-10/h2-4,6-7H,5,8-9H2,1H3,(H2,13,14). The van der Waals surface area contributed by atoms with Crippen molar-refractivity contribution in [3.63, 3.8) is 0 Å². The fourth-order valence-corrected chi connectivity index (χ4v) is 2.19. The van der Waals surface area contributed by atoms with Gasteiger partial charge in [0, 0.05) is 7.05 Å². The minimum atomic E-state index is 0.0516. The fraction of sp³-hybridized carbons (Fsp3) is 0.417. The summed E-state index contributed by atoms with van der Waals surface area (Å²) >= 11 is 0. The molecular weight excluding hydrogens is 172 g/mol. The van der Waals surface area contributed by atoms with Crippen molar-refractivity contribution in [2.75, 3.05) is 7.05 Å². The summed E-state index contributed by atoms with van der Waals surface area (Å²) in [4.78, 5) is 4.15. The topological polar surface area (TPSA) is 38.4 Å². The van der Waals surface area contributed by atoms with Crippen molar-refractivity contribution in [1.29, 1.82) is 0 Å². The molecule has 14 heavy (non-hydrogen) atoms. The Bertz CT molecular complexity index is 337. The second kappa shape index (κ2) is 3.45. The Morgan fingerprint density at radius 1 is 1.29 bits per heavy atom. The first-order chi connectivity index (χ1) is 6.79. The molecule has 0 bridgehead atoms. The van der Waals surface area contributed by atoms with Crippen LogP contribution in [0.1, 0.15) is 24.8 Å². The van der Waals surface area contributed by atoms with Gasteiger partial charge in [0.1, 0.15) is 5.84 Å². The summed E-state index contributed by atoms with van der Waals surface area (Å²) in [7, 11) is 1.78. The van der Waals surface area contributed by atoms with Crippen molar-refractivity contribution in [3.8, 4) is 0 Å². The average Bonchev–Trinajstić information content (AvgIpc) is 2.17. The lowest BCUT2D eigenvalue weighted by atomic mass is 9.63. The van der Waals surface area contributed by atoms with E-state index in [1.54, 1.807) is 7.05 Å². The van der Waals surface area contributed by atoms with Crippen LogP contribution in [0.2, 0.25) is 0 Å². The maximum absolute atomic E-state index is 6.00. The highest BCUT2D eigenvalue weighted by atomic mass is 14.9. The molecule has 1 aromatic rings. The van der Waals surface area contributed by atoms with Crippen molar-refractivity contribution in [2.24, 2.45) is 10.7 Å². The summed E-state index contributed by atoms with van der Waals surface area (Å²) in [6.07, 6.45) is 3.53. The van der Waals surface area contributed by atoms with E-state index in [0.717, 1.165) is 18.7 Å². The first-order valence-electron chi connectivity index (χ1n) is 5.08. The molecule has 1 saturated carbocycles. The van der Waals surface area contributed by atoms with Crippen molar-refractivity contribution in [3.05, 3.63) is 35.9 Å². The minimum Gasteiger partial charge on any atom is -0.387 e. The smallest absolute Gasteiger partial charge is 0.104 e. The summed E-state index contributed by atoms with van der Waals surface area (Å²) < 4.78 is 0. The van der Waals surface area contributed by atoms with Gasteiger partial charge in [0.2, 0.25) is 0 Å². The quantitative estimate of drug-likeness (QED) is 0.560. The Kier molecular flexibility index (Phi) is 2.28. The van der Waals surface area contributed by atoms with E-state index in [0.29, 0.717) is 0 Å². The number of hydrogen-bond acceptors (Lipinski definition) is 1. The highest BCUT2D eigenvalue weighted by Crippen LogP contribution is 2.43. The molecule has 1 aliphatic rings. The molecule has 0 atom stereocenters. The molecular formula is C12H16N2. The molecule has 0 aliphatic heterocycles. The van der Waals surface area contributed by atoms with E-state index in [-0.39, 0.29) is 5.41 Å². The maximum atomic E-state index is 6.00. The van der Waals surface area contributed by atoms with Crippen LogP contribution in [0.4, 0.5) is 0 Å². The number of benzene rings is 1. The Hall–Kier alpha value is -1.31. The van der Waals surface area contributed by atoms with Gasteiger partial charge < -0.3 is 5.73 Å². The van der Waals surface area contributed by atoms with Crippen molar-refractivity contribution in [1.82, 2.24) is 0 Å². The zero-order chi connectivity index (χ0) is 10.0. The monoisotopic (exact) mass is 188 g/mol. The summed E-state index contributed by atoms with van der Waals surface area (Å²) in [5, 5.41) is 0.